The van der Waals surface area contributed by atoms with E-state index in [2.05, 4.69) is 69.4 Å². The Kier molecular flexibility index (Phi) is 10.3. The number of carboxylic acid groups (broad SMARTS) is 1. The van der Waals surface area contributed by atoms with Gasteiger partial charge in [-0.05, 0) is 54.3 Å². The van der Waals surface area contributed by atoms with Crippen molar-refractivity contribution in [2.45, 2.75) is 127 Å². The molecule has 5 aliphatic heterocycles. The second kappa shape index (κ2) is 15.2. The predicted octanol–water partition coefficient (Wildman–Crippen LogP) is 8.97. The first kappa shape index (κ1) is 41.5. The molecule has 7 heterocycles. The van der Waals surface area contributed by atoms with Crippen molar-refractivity contribution in [3.8, 4) is 34.6 Å². The average Bonchev–Trinajstić information content (AvgIpc) is 3.83. The van der Waals surface area contributed by atoms with Crippen molar-refractivity contribution in [1.29, 1.82) is 0 Å². The van der Waals surface area contributed by atoms with Crippen molar-refractivity contribution >= 4 is 41.7 Å². The van der Waals surface area contributed by atoms with Crippen LogP contribution in [0.25, 0.3) is 32.9 Å². The number of pyridine rings is 1. The molecule has 11 nitrogen and oxygen atoms in total. The number of hydrogen-bond donors (Lipinski definition) is 1. The van der Waals surface area contributed by atoms with Crippen LogP contribution in [0.5, 0.6) is 11.9 Å². The molecule has 0 spiro atoms. The molecule has 5 unspecified atom stereocenters. The van der Waals surface area contributed by atoms with E-state index in [1.54, 1.807) is 30.2 Å². The molecular formula is C47H56F2N6O5Si. The van der Waals surface area contributed by atoms with Gasteiger partial charge in [-0.2, -0.15) is 9.97 Å². The zero-order chi connectivity index (χ0) is 43.3. The normalized spacial score (nSPS) is 25.9. The van der Waals surface area contributed by atoms with Crippen LogP contribution in [0, 0.1) is 23.1 Å². The highest BCUT2D eigenvalue weighted by atomic mass is 28.3. The van der Waals surface area contributed by atoms with Gasteiger partial charge in [0.15, 0.2) is 5.82 Å². The summed E-state index contributed by atoms with van der Waals surface area (Å²) >= 11 is 0. The second-order valence-corrected chi connectivity index (χ2v) is 24.3. The molecule has 1 amide bonds. The van der Waals surface area contributed by atoms with Gasteiger partial charge >= 0.3 is 12.1 Å². The van der Waals surface area contributed by atoms with Crippen LogP contribution in [0.3, 0.4) is 0 Å². The van der Waals surface area contributed by atoms with Crippen LogP contribution in [0.2, 0.25) is 16.6 Å². The monoisotopic (exact) mass is 850 g/mol. The Hall–Kier alpha value is -4.84. The van der Waals surface area contributed by atoms with Gasteiger partial charge in [-0.15, -0.1) is 5.54 Å². The number of methoxy groups -OCH3 is 1. The van der Waals surface area contributed by atoms with Gasteiger partial charge < -0.3 is 24.2 Å². The van der Waals surface area contributed by atoms with Gasteiger partial charge in [-0.25, -0.2) is 18.6 Å². The Morgan fingerprint density at radius 1 is 1.05 bits per heavy atom. The number of ether oxygens (including phenoxy) is 3. The number of benzene rings is 2. The molecule has 0 aliphatic carbocycles. The van der Waals surface area contributed by atoms with E-state index < -0.39 is 49.5 Å². The molecular weight excluding hydrogens is 795 g/mol. The van der Waals surface area contributed by atoms with E-state index >= 15 is 8.78 Å². The van der Waals surface area contributed by atoms with Crippen molar-refractivity contribution in [3.05, 3.63) is 59.7 Å². The zero-order valence-electron chi connectivity index (χ0n) is 36.4. The van der Waals surface area contributed by atoms with Crippen molar-refractivity contribution in [2.24, 2.45) is 0 Å². The maximum absolute atomic E-state index is 17.9. The van der Waals surface area contributed by atoms with Crippen molar-refractivity contribution in [1.82, 2.24) is 24.8 Å². The molecule has 4 aromatic rings. The van der Waals surface area contributed by atoms with Crippen LogP contribution in [0.15, 0.2) is 42.5 Å². The van der Waals surface area contributed by atoms with Crippen LogP contribution in [-0.4, -0.2) is 113 Å². The fraction of sp³-hybridized carbons (Fsp3) is 0.532. The Labute approximate surface area is 357 Å². The highest BCUT2D eigenvalue weighted by Crippen LogP contribution is 2.48. The highest BCUT2D eigenvalue weighted by molar-refractivity contribution is 6.90. The smallest absolute Gasteiger partial charge is 0.407 e. The Balaban J connectivity index is 1.25. The number of carbonyl (C=O) groups is 1. The lowest BCUT2D eigenvalue weighted by molar-refractivity contribution is 0.0706. The Morgan fingerprint density at radius 3 is 2.51 bits per heavy atom. The van der Waals surface area contributed by atoms with Gasteiger partial charge in [0, 0.05) is 44.1 Å². The van der Waals surface area contributed by atoms with Gasteiger partial charge in [-0.1, -0.05) is 83.9 Å². The van der Waals surface area contributed by atoms with E-state index in [0.29, 0.717) is 64.6 Å². The summed E-state index contributed by atoms with van der Waals surface area (Å²) in [5, 5.41) is 11.8. The van der Waals surface area contributed by atoms with Gasteiger partial charge in [0.25, 0.3) is 0 Å². The number of rotatable bonds is 8. The third-order valence-corrected chi connectivity index (χ3v) is 21.2. The van der Waals surface area contributed by atoms with E-state index in [1.165, 1.54) is 6.07 Å². The summed E-state index contributed by atoms with van der Waals surface area (Å²) in [4.78, 5) is 33.3. The van der Waals surface area contributed by atoms with E-state index in [-0.39, 0.29) is 52.8 Å². The lowest BCUT2D eigenvalue weighted by Crippen LogP contribution is -2.64. The number of nitrogens with zero attached hydrogens (tertiary/aromatic N) is 6. The van der Waals surface area contributed by atoms with Gasteiger partial charge in [0.2, 0.25) is 5.88 Å². The van der Waals surface area contributed by atoms with Crippen LogP contribution in [0.1, 0.15) is 79.7 Å². The first-order valence-electron chi connectivity index (χ1n) is 21.8. The zero-order valence-corrected chi connectivity index (χ0v) is 37.4. The SMILES string of the molecule is C=C1CCN2C[C@H](OC)CC12COc1nc2c3c(nc(-c4cccc5ccc(F)c(C#C[Si](C(C)C)(C(C)C)C(C)C)c45)c(F)c3n1)OC(C)C1C3CCC(CN21)N3C(=O)O. The predicted molar refractivity (Wildman–Crippen MR) is 235 cm³/mol. The van der Waals surface area contributed by atoms with E-state index in [0.717, 1.165) is 25.1 Å². The average molecular weight is 851 g/mol. The number of piperazine rings is 1. The quantitative estimate of drug-likeness (QED) is 0.105. The van der Waals surface area contributed by atoms with Crippen molar-refractivity contribution in [2.75, 3.05) is 38.3 Å². The van der Waals surface area contributed by atoms with Crippen molar-refractivity contribution < 1.29 is 32.9 Å². The number of anilines is 1. The number of fused-ring (bicyclic) bond motifs is 7. The molecule has 2 aromatic carbocycles. The molecule has 4 fully saturated rings. The summed E-state index contributed by atoms with van der Waals surface area (Å²) in [6.45, 7) is 21.7. The molecule has 0 saturated carbocycles. The van der Waals surface area contributed by atoms with Gasteiger partial charge in [-0.3, -0.25) is 9.80 Å². The summed E-state index contributed by atoms with van der Waals surface area (Å²) in [6, 6.07) is 7.39. The first-order chi connectivity index (χ1) is 29.1. The molecule has 6 atom stereocenters. The molecule has 322 valence electrons. The minimum absolute atomic E-state index is 0.0110. The number of amides is 1. The van der Waals surface area contributed by atoms with Crippen LogP contribution in [0.4, 0.5) is 19.4 Å². The summed E-state index contributed by atoms with van der Waals surface area (Å²) < 4.78 is 53.2. The van der Waals surface area contributed by atoms with Gasteiger partial charge in [0.1, 0.15) is 49.0 Å². The van der Waals surface area contributed by atoms with Crippen LogP contribution >= 0.6 is 0 Å². The van der Waals surface area contributed by atoms with E-state index in [4.69, 9.17) is 29.2 Å². The molecule has 61 heavy (non-hydrogen) atoms. The fourth-order valence-corrected chi connectivity index (χ4v) is 17.2. The minimum Gasteiger partial charge on any atom is -0.472 e. The van der Waals surface area contributed by atoms with Crippen LogP contribution < -0.4 is 14.4 Å². The topological polar surface area (TPSA) is 113 Å². The fourth-order valence-electron chi connectivity index (χ4n) is 12.0. The number of hydrogen-bond acceptors (Lipinski definition) is 9. The van der Waals surface area contributed by atoms with Crippen molar-refractivity contribution in [3.63, 3.8) is 0 Å². The van der Waals surface area contributed by atoms with E-state index in [9.17, 15) is 9.90 Å². The summed E-state index contributed by atoms with van der Waals surface area (Å²) in [6.07, 6.45) is 1.31. The molecule has 1 N–H and O–H groups in total. The third kappa shape index (κ3) is 6.31. The summed E-state index contributed by atoms with van der Waals surface area (Å²) in [5.74, 6) is 2.63. The Morgan fingerprint density at radius 2 is 1.80 bits per heavy atom. The molecule has 2 aromatic heterocycles. The lowest BCUT2D eigenvalue weighted by atomic mass is 9.90. The molecule has 2 bridgehead atoms. The summed E-state index contributed by atoms with van der Waals surface area (Å²) in [5.41, 5.74) is 5.65. The molecule has 14 heteroatoms. The maximum atomic E-state index is 17.9. The highest BCUT2D eigenvalue weighted by Gasteiger charge is 2.54. The number of halogens is 2. The molecule has 5 aliphatic rings. The van der Waals surface area contributed by atoms with Gasteiger partial charge in [0.05, 0.1) is 35.3 Å². The molecule has 9 rings (SSSR count). The second-order valence-electron chi connectivity index (χ2n) is 18.7. The largest absolute Gasteiger partial charge is 0.472 e. The molecule has 0 radical (unpaired) electrons. The minimum atomic E-state index is -2.30. The van der Waals surface area contributed by atoms with Crippen LogP contribution in [-0.2, 0) is 4.74 Å². The number of aromatic nitrogens is 3. The maximum Gasteiger partial charge on any atom is 0.407 e. The lowest BCUT2D eigenvalue weighted by Gasteiger charge is -2.47. The summed E-state index contributed by atoms with van der Waals surface area (Å²) in [7, 11) is -0.583. The Bertz CT molecular complexity index is 2500. The third-order valence-electron chi connectivity index (χ3n) is 14.9. The first-order valence-corrected chi connectivity index (χ1v) is 24.0. The van der Waals surface area contributed by atoms with E-state index in [1.807, 2.05) is 13.0 Å². The molecule has 4 saturated heterocycles. The standard InChI is InChI=1S/C47H56F2N6O5Si/c1-25(2)61(26(3)4,27(5)6)20-18-33-35(48)15-13-30-11-10-12-34(37(30)33)40-39(49)41-38-43(52-45(51-41)59-24-47-21-32(58-9)23-53(47)19-17-28(47)7)54-22-31-14-16-36(55(31)46(56)57)42(54)29(8)60-44(38)50-40/h10-13,15,25-27,29,31-32,36,42H,7,14,16-17,19,21-24H2,1-6,8-9H3,(H,56,57)/t29?,31?,32-,36?,42?,47?/m1/s1.